The highest BCUT2D eigenvalue weighted by Crippen LogP contribution is 2.24. The van der Waals surface area contributed by atoms with Crippen LogP contribution in [0.2, 0.25) is 0 Å². The molecule has 4 aromatic rings. The molecule has 1 N–H and O–H groups in total. The Kier molecular flexibility index (Phi) is 8.50. The minimum atomic E-state index is -0.536. The summed E-state index contributed by atoms with van der Waals surface area (Å²) in [6.45, 7) is 3.66. The normalized spacial score (nSPS) is 12.1. The molecular formula is C27H23Br2FN4O3. The van der Waals surface area contributed by atoms with Gasteiger partial charge < -0.3 is 10.1 Å². The number of benzene rings is 3. The number of rotatable bonds is 8. The van der Waals surface area contributed by atoms with Gasteiger partial charge in [0.1, 0.15) is 17.4 Å². The van der Waals surface area contributed by atoms with Crippen molar-refractivity contribution >= 4 is 60.6 Å². The van der Waals surface area contributed by atoms with Gasteiger partial charge in [0.15, 0.2) is 6.61 Å². The largest absolute Gasteiger partial charge is 0.483 e. The zero-order valence-electron chi connectivity index (χ0n) is 20.0. The summed E-state index contributed by atoms with van der Waals surface area (Å²) in [4.78, 5) is 30.4. The van der Waals surface area contributed by atoms with Gasteiger partial charge in [-0.25, -0.2) is 9.37 Å². The molecule has 0 spiro atoms. The van der Waals surface area contributed by atoms with E-state index in [2.05, 4.69) is 42.3 Å². The van der Waals surface area contributed by atoms with Crippen LogP contribution in [-0.4, -0.2) is 28.4 Å². The Morgan fingerprint density at radius 1 is 1.16 bits per heavy atom. The predicted octanol–water partition coefficient (Wildman–Crippen LogP) is 6.47. The summed E-state index contributed by atoms with van der Waals surface area (Å²) in [6.07, 6.45) is 2.26. The first kappa shape index (κ1) is 26.7. The maximum Gasteiger partial charge on any atom is 0.282 e. The van der Waals surface area contributed by atoms with Crippen LogP contribution >= 0.6 is 31.9 Å². The first-order valence-corrected chi connectivity index (χ1v) is 13.1. The number of fused-ring (bicyclic) bond motifs is 1. The van der Waals surface area contributed by atoms with E-state index in [9.17, 15) is 14.0 Å². The molecule has 0 unspecified atom stereocenters. The molecule has 7 nitrogen and oxygen atoms in total. The maximum atomic E-state index is 13.8. The molecule has 1 atom stereocenters. The Labute approximate surface area is 229 Å². The zero-order valence-corrected chi connectivity index (χ0v) is 23.2. The van der Waals surface area contributed by atoms with Gasteiger partial charge in [0.05, 0.1) is 22.8 Å². The molecule has 0 aliphatic rings. The molecule has 1 amide bonds. The third kappa shape index (κ3) is 6.31. The number of para-hydroxylation sites is 1. The molecule has 0 saturated heterocycles. The van der Waals surface area contributed by atoms with Crippen molar-refractivity contribution in [3.63, 3.8) is 0 Å². The summed E-state index contributed by atoms with van der Waals surface area (Å²) >= 11 is 6.84. The van der Waals surface area contributed by atoms with Gasteiger partial charge in [-0.1, -0.05) is 57.8 Å². The van der Waals surface area contributed by atoms with E-state index >= 15 is 0 Å². The van der Waals surface area contributed by atoms with Crippen LogP contribution in [0.1, 0.15) is 37.6 Å². The average molecular weight is 630 g/mol. The Hall–Kier alpha value is -3.37. The Balaban J connectivity index is 1.64. The third-order valence-electron chi connectivity index (χ3n) is 5.68. The van der Waals surface area contributed by atoms with Gasteiger partial charge in [0.2, 0.25) is 0 Å². The fourth-order valence-electron chi connectivity index (χ4n) is 3.54. The molecule has 0 saturated carbocycles. The van der Waals surface area contributed by atoms with E-state index in [1.807, 2.05) is 19.9 Å². The number of amides is 1. The van der Waals surface area contributed by atoms with Crippen LogP contribution in [0.25, 0.3) is 10.9 Å². The molecule has 0 bridgehead atoms. The van der Waals surface area contributed by atoms with Crippen molar-refractivity contribution in [2.24, 2.45) is 5.10 Å². The van der Waals surface area contributed by atoms with Crippen LogP contribution in [0.15, 0.2) is 79.5 Å². The van der Waals surface area contributed by atoms with Gasteiger partial charge in [0.25, 0.3) is 11.5 Å². The summed E-state index contributed by atoms with van der Waals surface area (Å²) < 4.78 is 22.4. The van der Waals surface area contributed by atoms with Crippen molar-refractivity contribution in [3.05, 3.63) is 97.2 Å². The highest BCUT2D eigenvalue weighted by Gasteiger charge is 2.16. The lowest BCUT2D eigenvalue weighted by Crippen LogP contribution is -2.24. The number of carbonyl (C=O) groups is 1. The standard InChI is InChI=1S/C27H23Br2FN4O3/c1-3-16(2)26-33-22-10-8-19(29)13-20(22)27(36)34(26)31-14-17-12-18(28)9-11-24(17)37-15-25(35)32-23-7-5-4-6-21(23)30/h4-14,16H,3,15H2,1-2H3,(H,32,35)/t16-/m0/s1. The van der Waals surface area contributed by atoms with Crippen molar-refractivity contribution in [2.75, 3.05) is 11.9 Å². The fourth-order valence-corrected chi connectivity index (χ4v) is 4.28. The van der Waals surface area contributed by atoms with Crippen molar-refractivity contribution in [1.29, 1.82) is 0 Å². The van der Waals surface area contributed by atoms with Crippen LogP contribution in [0, 0.1) is 5.82 Å². The number of ether oxygens (including phenoxy) is 1. The van der Waals surface area contributed by atoms with Gasteiger partial charge in [-0.05, 0) is 55.0 Å². The molecule has 1 heterocycles. The zero-order chi connectivity index (χ0) is 26.5. The number of carbonyl (C=O) groups excluding carboxylic acids is 1. The second-order valence-corrected chi connectivity index (χ2v) is 10.1. The highest BCUT2D eigenvalue weighted by molar-refractivity contribution is 9.10. The first-order chi connectivity index (χ1) is 17.8. The molecule has 4 rings (SSSR count). The Bertz CT molecular complexity index is 1550. The van der Waals surface area contributed by atoms with Gasteiger partial charge in [-0.15, -0.1) is 0 Å². The van der Waals surface area contributed by atoms with E-state index in [-0.39, 0.29) is 23.8 Å². The Morgan fingerprint density at radius 2 is 1.89 bits per heavy atom. The minimum absolute atomic E-state index is 0.0156. The van der Waals surface area contributed by atoms with Gasteiger partial charge >= 0.3 is 0 Å². The lowest BCUT2D eigenvalue weighted by Gasteiger charge is -2.14. The Morgan fingerprint density at radius 3 is 2.65 bits per heavy atom. The highest BCUT2D eigenvalue weighted by atomic mass is 79.9. The number of hydrogen-bond acceptors (Lipinski definition) is 5. The third-order valence-corrected chi connectivity index (χ3v) is 6.66. The molecule has 37 heavy (non-hydrogen) atoms. The van der Waals surface area contributed by atoms with E-state index in [1.165, 1.54) is 29.1 Å². The van der Waals surface area contributed by atoms with E-state index in [0.29, 0.717) is 28.0 Å². The maximum absolute atomic E-state index is 13.8. The van der Waals surface area contributed by atoms with Crippen LogP contribution in [-0.2, 0) is 4.79 Å². The molecule has 1 aromatic heterocycles. The number of nitrogens with one attached hydrogen (secondary N) is 1. The number of anilines is 1. The van der Waals surface area contributed by atoms with Crippen LogP contribution in [0.5, 0.6) is 5.75 Å². The monoisotopic (exact) mass is 628 g/mol. The average Bonchev–Trinajstić information content (AvgIpc) is 2.88. The first-order valence-electron chi connectivity index (χ1n) is 11.5. The molecule has 0 aliphatic heterocycles. The van der Waals surface area contributed by atoms with Gasteiger partial charge in [0, 0.05) is 20.4 Å². The van der Waals surface area contributed by atoms with E-state index < -0.39 is 11.7 Å². The van der Waals surface area contributed by atoms with Crippen LogP contribution in [0.3, 0.4) is 0 Å². The quantitative estimate of drug-likeness (QED) is 0.226. The molecule has 3 aromatic carbocycles. The lowest BCUT2D eigenvalue weighted by molar-refractivity contribution is -0.118. The molecular weight excluding hydrogens is 607 g/mol. The molecule has 0 radical (unpaired) electrons. The van der Waals surface area contributed by atoms with Gasteiger partial charge in [-0.2, -0.15) is 9.78 Å². The van der Waals surface area contributed by atoms with Crippen molar-refractivity contribution < 1.29 is 13.9 Å². The number of hydrogen-bond donors (Lipinski definition) is 1. The summed E-state index contributed by atoms with van der Waals surface area (Å²) in [5.41, 5.74) is 0.910. The second-order valence-electron chi connectivity index (χ2n) is 8.30. The van der Waals surface area contributed by atoms with Crippen molar-refractivity contribution in [2.45, 2.75) is 26.2 Å². The molecule has 0 fully saturated rings. The topological polar surface area (TPSA) is 85.6 Å². The van der Waals surface area contributed by atoms with Crippen LogP contribution < -0.4 is 15.6 Å². The summed E-state index contributed by atoms with van der Waals surface area (Å²) in [7, 11) is 0. The van der Waals surface area contributed by atoms with E-state index in [4.69, 9.17) is 9.72 Å². The van der Waals surface area contributed by atoms with E-state index in [1.54, 1.807) is 36.4 Å². The van der Waals surface area contributed by atoms with Crippen molar-refractivity contribution in [3.8, 4) is 5.75 Å². The van der Waals surface area contributed by atoms with Crippen molar-refractivity contribution in [1.82, 2.24) is 9.66 Å². The predicted molar refractivity (Wildman–Crippen MR) is 150 cm³/mol. The number of nitrogens with zero attached hydrogens (tertiary/aromatic N) is 3. The smallest absolute Gasteiger partial charge is 0.282 e. The summed E-state index contributed by atoms with van der Waals surface area (Å²) in [6, 6.07) is 16.4. The SMILES string of the molecule is CC[C@H](C)c1nc2ccc(Br)cc2c(=O)n1N=Cc1cc(Br)ccc1OCC(=O)Nc1ccccc1F. The van der Waals surface area contributed by atoms with Gasteiger partial charge in [-0.3, -0.25) is 9.59 Å². The van der Waals surface area contributed by atoms with E-state index in [0.717, 1.165) is 15.4 Å². The number of aromatic nitrogens is 2. The fraction of sp³-hybridized carbons (Fsp3) is 0.185. The lowest BCUT2D eigenvalue weighted by atomic mass is 10.1. The van der Waals surface area contributed by atoms with Crippen LogP contribution in [0.4, 0.5) is 10.1 Å². The summed E-state index contributed by atoms with van der Waals surface area (Å²) in [5.74, 6) is -0.162. The summed E-state index contributed by atoms with van der Waals surface area (Å²) in [5, 5.41) is 7.41. The molecule has 190 valence electrons. The molecule has 10 heteroatoms. The number of halogens is 3. The minimum Gasteiger partial charge on any atom is -0.483 e. The molecule has 0 aliphatic carbocycles. The second kappa shape index (κ2) is 11.8.